The quantitative estimate of drug-likeness (QED) is 0.625. The molecule has 0 radical (unpaired) electrons. The Morgan fingerprint density at radius 2 is 1.76 bits per heavy atom. The van der Waals surface area contributed by atoms with E-state index in [2.05, 4.69) is 10.6 Å². The number of hydrogen-bond donors (Lipinski definition) is 3. The molecule has 2 rings (SSSR count). The molecule has 0 saturated carbocycles. The van der Waals surface area contributed by atoms with Crippen molar-refractivity contribution in [3.63, 3.8) is 0 Å². The second kappa shape index (κ2) is 9.96. The van der Waals surface area contributed by atoms with Crippen LogP contribution in [0.4, 0.5) is 0 Å². The second-order valence-corrected chi connectivity index (χ2v) is 6.82. The maximum Gasteiger partial charge on any atom is 0.275 e. The van der Waals surface area contributed by atoms with Gasteiger partial charge in [0, 0.05) is 11.4 Å². The highest BCUT2D eigenvalue weighted by atomic mass is 32.1. The minimum Gasteiger partial charge on any atom is -0.351 e. The summed E-state index contributed by atoms with van der Waals surface area (Å²) in [7, 11) is 0. The van der Waals surface area contributed by atoms with E-state index in [1.54, 1.807) is 11.3 Å². The predicted octanol–water partition coefficient (Wildman–Crippen LogP) is 0.995. The number of rotatable bonds is 9. The molecule has 1 heterocycles. The number of benzene rings is 1. The van der Waals surface area contributed by atoms with Crippen molar-refractivity contribution in [1.29, 1.82) is 0 Å². The van der Waals surface area contributed by atoms with Gasteiger partial charge in [0.15, 0.2) is 13.1 Å². The van der Waals surface area contributed by atoms with Crippen molar-refractivity contribution in [2.24, 2.45) is 0 Å². The third-order valence-electron chi connectivity index (χ3n) is 3.96. The first kappa shape index (κ1) is 19.1. The molecule has 0 bridgehead atoms. The highest BCUT2D eigenvalue weighted by Crippen LogP contribution is 2.25. The number of amides is 2. The fourth-order valence-corrected chi connectivity index (χ4v) is 3.46. The lowest BCUT2D eigenvalue weighted by Gasteiger charge is -2.21. The van der Waals surface area contributed by atoms with Gasteiger partial charge in [-0.1, -0.05) is 36.4 Å². The summed E-state index contributed by atoms with van der Waals surface area (Å²) in [6, 6.07) is 13.8. The fourth-order valence-electron chi connectivity index (χ4n) is 2.66. The van der Waals surface area contributed by atoms with E-state index in [0.717, 1.165) is 21.9 Å². The molecule has 134 valence electrons. The van der Waals surface area contributed by atoms with Gasteiger partial charge in [-0.3, -0.25) is 9.59 Å². The largest absolute Gasteiger partial charge is 0.351 e. The Morgan fingerprint density at radius 1 is 1.04 bits per heavy atom. The molecule has 2 amide bonds. The van der Waals surface area contributed by atoms with Crippen LogP contribution in [0.3, 0.4) is 0 Å². The van der Waals surface area contributed by atoms with Crippen LogP contribution in [0.15, 0.2) is 47.8 Å². The Bertz CT molecular complexity index is 659. The van der Waals surface area contributed by atoms with Crippen LogP contribution in [0.1, 0.15) is 30.3 Å². The maximum atomic E-state index is 12.6. The van der Waals surface area contributed by atoms with Crippen LogP contribution in [-0.2, 0) is 9.59 Å². The lowest BCUT2D eigenvalue weighted by Crippen LogP contribution is -3.14. The lowest BCUT2D eigenvalue weighted by atomic mass is 10.1. The summed E-state index contributed by atoms with van der Waals surface area (Å²) in [5, 5.41) is 7.92. The van der Waals surface area contributed by atoms with Gasteiger partial charge < -0.3 is 15.5 Å². The molecule has 1 aromatic carbocycles. The van der Waals surface area contributed by atoms with E-state index in [4.69, 9.17) is 0 Å². The zero-order valence-corrected chi connectivity index (χ0v) is 15.6. The molecule has 0 saturated heterocycles. The van der Waals surface area contributed by atoms with Crippen molar-refractivity contribution in [1.82, 2.24) is 10.6 Å². The summed E-state index contributed by atoms with van der Waals surface area (Å²) in [6.45, 7) is 5.79. The van der Waals surface area contributed by atoms with E-state index in [1.165, 1.54) is 0 Å². The van der Waals surface area contributed by atoms with E-state index in [0.29, 0.717) is 13.1 Å². The second-order valence-electron chi connectivity index (χ2n) is 5.84. The molecule has 1 aromatic heterocycles. The average molecular weight is 361 g/mol. The van der Waals surface area contributed by atoms with Gasteiger partial charge in [0.2, 0.25) is 0 Å². The maximum absolute atomic E-state index is 12.6. The highest BCUT2D eigenvalue weighted by molar-refractivity contribution is 7.10. The van der Waals surface area contributed by atoms with Gasteiger partial charge in [0.05, 0.1) is 12.6 Å². The number of nitrogens with one attached hydrogen (secondary N) is 3. The standard InChI is InChI=1S/C19H25N3O2S/c1-3-20-17(23)13-22(4-2)14-18(24)21-19(16-11-8-12-25-16)15-9-6-5-7-10-15/h5-12,19H,3-4,13-14H2,1-2H3,(H,20,23)(H,21,24)/p+1/t19-/m0/s1. The van der Waals surface area contributed by atoms with E-state index in [1.807, 2.05) is 61.7 Å². The summed E-state index contributed by atoms with van der Waals surface area (Å²) in [5.74, 6) is -0.0755. The summed E-state index contributed by atoms with van der Waals surface area (Å²) in [5.41, 5.74) is 1.06. The molecule has 25 heavy (non-hydrogen) atoms. The summed E-state index contributed by atoms with van der Waals surface area (Å²) in [6.07, 6.45) is 0. The first-order valence-corrected chi connectivity index (χ1v) is 9.50. The lowest BCUT2D eigenvalue weighted by molar-refractivity contribution is -0.881. The number of thiophene rings is 1. The Balaban J connectivity index is 2.03. The molecule has 0 aliphatic rings. The Hall–Kier alpha value is -2.18. The SMILES string of the molecule is CCNC(=O)C[NH+](CC)CC(=O)N[C@@H](c1ccccc1)c1cccs1. The molecule has 2 atom stereocenters. The van der Waals surface area contributed by atoms with Gasteiger partial charge in [-0.15, -0.1) is 11.3 Å². The third kappa shape index (κ3) is 5.99. The molecule has 0 spiro atoms. The van der Waals surface area contributed by atoms with Gasteiger partial charge in [-0.2, -0.15) is 0 Å². The summed E-state index contributed by atoms with van der Waals surface area (Å²) < 4.78 is 0. The van der Waals surface area contributed by atoms with Crippen LogP contribution < -0.4 is 15.5 Å². The highest BCUT2D eigenvalue weighted by Gasteiger charge is 2.21. The van der Waals surface area contributed by atoms with E-state index in [9.17, 15) is 9.59 Å². The van der Waals surface area contributed by atoms with Crippen molar-refractivity contribution in [3.05, 3.63) is 58.3 Å². The molecular weight excluding hydrogens is 334 g/mol. The Labute approximate surface area is 153 Å². The first-order valence-electron chi connectivity index (χ1n) is 8.62. The summed E-state index contributed by atoms with van der Waals surface area (Å²) >= 11 is 1.62. The van der Waals surface area contributed by atoms with Crippen molar-refractivity contribution in [2.75, 3.05) is 26.2 Å². The molecule has 6 heteroatoms. The van der Waals surface area contributed by atoms with Crippen molar-refractivity contribution < 1.29 is 14.5 Å². The van der Waals surface area contributed by atoms with Crippen LogP contribution >= 0.6 is 11.3 Å². The van der Waals surface area contributed by atoms with Crippen molar-refractivity contribution in [3.8, 4) is 0 Å². The van der Waals surface area contributed by atoms with Gasteiger partial charge in [0.1, 0.15) is 0 Å². The first-order chi connectivity index (χ1) is 12.1. The smallest absolute Gasteiger partial charge is 0.275 e. The molecule has 1 unspecified atom stereocenters. The zero-order chi connectivity index (χ0) is 18.1. The molecule has 2 aromatic rings. The number of quaternary nitrogens is 1. The zero-order valence-electron chi connectivity index (χ0n) is 14.7. The normalized spacial score (nSPS) is 13.0. The Kier molecular flexibility index (Phi) is 7.63. The minimum atomic E-state index is -0.156. The molecule has 0 aliphatic heterocycles. The molecule has 3 N–H and O–H groups in total. The fraction of sp³-hybridized carbons (Fsp3) is 0.368. The van der Waals surface area contributed by atoms with Gasteiger partial charge in [-0.05, 0) is 30.9 Å². The van der Waals surface area contributed by atoms with Crippen LogP contribution in [0, 0.1) is 0 Å². The monoisotopic (exact) mass is 360 g/mol. The van der Waals surface area contributed by atoms with Crippen LogP contribution in [0.5, 0.6) is 0 Å². The average Bonchev–Trinajstić information content (AvgIpc) is 3.14. The molecule has 5 nitrogen and oxygen atoms in total. The van der Waals surface area contributed by atoms with Crippen LogP contribution in [0.25, 0.3) is 0 Å². The number of carbonyl (C=O) groups is 2. The van der Waals surface area contributed by atoms with Gasteiger partial charge >= 0.3 is 0 Å². The summed E-state index contributed by atoms with van der Waals surface area (Å²) in [4.78, 5) is 26.4. The van der Waals surface area contributed by atoms with Crippen molar-refractivity contribution >= 4 is 23.2 Å². The number of carbonyl (C=O) groups excluding carboxylic acids is 2. The van der Waals surface area contributed by atoms with E-state index >= 15 is 0 Å². The third-order valence-corrected chi connectivity index (χ3v) is 4.90. The van der Waals surface area contributed by atoms with Gasteiger partial charge in [-0.25, -0.2) is 0 Å². The van der Waals surface area contributed by atoms with Crippen LogP contribution in [-0.4, -0.2) is 38.0 Å². The minimum absolute atomic E-state index is 0.0231. The molecule has 0 aliphatic carbocycles. The topological polar surface area (TPSA) is 62.6 Å². The number of hydrogen-bond acceptors (Lipinski definition) is 3. The van der Waals surface area contributed by atoms with Gasteiger partial charge in [0.25, 0.3) is 11.8 Å². The van der Waals surface area contributed by atoms with E-state index in [-0.39, 0.29) is 24.4 Å². The number of likely N-dealkylation sites (N-methyl/N-ethyl adjacent to an activating group) is 2. The molecule has 0 fully saturated rings. The van der Waals surface area contributed by atoms with E-state index < -0.39 is 0 Å². The molecular formula is C19H26N3O2S+. The van der Waals surface area contributed by atoms with Crippen LogP contribution in [0.2, 0.25) is 0 Å². The Morgan fingerprint density at radius 3 is 2.36 bits per heavy atom. The van der Waals surface area contributed by atoms with Crippen molar-refractivity contribution in [2.45, 2.75) is 19.9 Å². The predicted molar refractivity (Wildman–Crippen MR) is 101 cm³/mol.